The highest BCUT2D eigenvalue weighted by atomic mass is 32.2. The second-order valence-electron chi connectivity index (χ2n) is 5.54. The van der Waals surface area contributed by atoms with E-state index in [9.17, 15) is 18.5 Å². The third-order valence-corrected chi connectivity index (χ3v) is 5.71. The quantitative estimate of drug-likeness (QED) is 0.755. The van der Waals surface area contributed by atoms with Crippen LogP contribution in [-0.2, 0) is 19.4 Å². The molecule has 1 aliphatic heterocycles. The number of carbonyl (C=O) groups is 1. The van der Waals surface area contributed by atoms with E-state index < -0.39 is 32.4 Å². The maximum absolute atomic E-state index is 12.3. The van der Waals surface area contributed by atoms with Crippen molar-refractivity contribution in [2.75, 3.05) is 19.7 Å². The van der Waals surface area contributed by atoms with Crippen LogP contribution in [0.3, 0.4) is 0 Å². The number of sulfone groups is 1. The molecule has 2 aliphatic rings. The molecule has 1 saturated carbocycles. The van der Waals surface area contributed by atoms with E-state index in [0.717, 1.165) is 6.26 Å². The Balaban J connectivity index is 2.06. The molecule has 3 rings (SSSR count). The molecule has 0 N–H and O–H groups in total. The van der Waals surface area contributed by atoms with Crippen molar-refractivity contribution in [2.45, 2.75) is 18.1 Å². The number of hydrogen-bond donors (Lipinski definition) is 0. The third kappa shape index (κ3) is 2.23. The van der Waals surface area contributed by atoms with Crippen LogP contribution in [0.4, 0.5) is 0 Å². The monoisotopic (exact) mass is 337 g/mol. The fourth-order valence-corrected chi connectivity index (χ4v) is 4.92. The molecule has 1 fully saturated rings. The van der Waals surface area contributed by atoms with Crippen LogP contribution in [0.5, 0.6) is 11.5 Å². The Labute approximate surface area is 133 Å². The molecule has 1 aromatic rings. The summed E-state index contributed by atoms with van der Waals surface area (Å²) in [6.07, 6.45) is 1.02. The zero-order chi connectivity index (χ0) is 16.8. The molecule has 0 saturated heterocycles. The van der Waals surface area contributed by atoms with Crippen LogP contribution in [0.25, 0.3) is 0 Å². The van der Waals surface area contributed by atoms with Crippen LogP contribution < -0.4 is 9.47 Å². The summed E-state index contributed by atoms with van der Waals surface area (Å²) in [7, 11) is -3.62. The summed E-state index contributed by atoms with van der Waals surface area (Å²) in [6, 6.07) is 6.79. The van der Waals surface area contributed by atoms with Crippen LogP contribution in [0, 0.1) is 16.7 Å². The van der Waals surface area contributed by atoms with Crippen molar-refractivity contribution in [3.05, 3.63) is 23.8 Å². The van der Waals surface area contributed by atoms with E-state index in [-0.39, 0.29) is 13.4 Å². The lowest BCUT2D eigenvalue weighted by atomic mass is 10.0. The van der Waals surface area contributed by atoms with Gasteiger partial charge in [0.15, 0.2) is 26.8 Å². The van der Waals surface area contributed by atoms with E-state index in [4.69, 9.17) is 14.2 Å². The molecule has 0 aromatic heterocycles. The van der Waals surface area contributed by atoms with Gasteiger partial charge in [-0.1, -0.05) is 6.07 Å². The van der Waals surface area contributed by atoms with Crippen LogP contribution in [0.15, 0.2) is 18.2 Å². The summed E-state index contributed by atoms with van der Waals surface area (Å²) in [6.45, 7) is 1.77. The second kappa shape index (κ2) is 5.13. The number of hydrogen-bond acceptors (Lipinski definition) is 7. The van der Waals surface area contributed by atoms with Gasteiger partial charge in [0.1, 0.15) is 5.25 Å². The fourth-order valence-electron chi connectivity index (χ4n) is 3.16. The average molecular weight is 337 g/mol. The van der Waals surface area contributed by atoms with Crippen LogP contribution in [-0.4, -0.2) is 39.3 Å². The summed E-state index contributed by atoms with van der Waals surface area (Å²) >= 11 is 0. The fraction of sp³-hybridized carbons (Fsp3) is 0.467. The first kappa shape index (κ1) is 15.6. The third-order valence-electron chi connectivity index (χ3n) is 4.15. The van der Waals surface area contributed by atoms with Gasteiger partial charge in [0.2, 0.25) is 6.79 Å². The highest BCUT2D eigenvalue weighted by Crippen LogP contribution is 2.63. The Bertz CT molecular complexity index is 812. The molecule has 23 heavy (non-hydrogen) atoms. The lowest BCUT2D eigenvalue weighted by molar-refractivity contribution is -0.147. The van der Waals surface area contributed by atoms with E-state index in [1.807, 2.05) is 6.07 Å². The number of rotatable bonds is 4. The van der Waals surface area contributed by atoms with Crippen molar-refractivity contribution in [2.24, 2.45) is 5.41 Å². The summed E-state index contributed by atoms with van der Waals surface area (Å²) in [5.41, 5.74) is -1.17. The van der Waals surface area contributed by atoms with Crippen molar-refractivity contribution in [3.8, 4) is 17.6 Å². The second-order valence-corrected chi connectivity index (χ2v) is 7.71. The van der Waals surface area contributed by atoms with Crippen molar-refractivity contribution >= 4 is 15.8 Å². The Morgan fingerprint density at radius 1 is 1.43 bits per heavy atom. The van der Waals surface area contributed by atoms with E-state index in [2.05, 4.69) is 0 Å². The van der Waals surface area contributed by atoms with Crippen molar-refractivity contribution in [3.63, 3.8) is 0 Å². The highest BCUT2D eigenvalue weighted by Gasteiger charge is 2.76. The predicted octanol–water partition coefficient (Wildman–Crippen LogP) is 0.999. The molecule has 3 unspecified atom stereocenters. The molecule has 122 valence electrons. The molecule has 3 atom stereocenters. The van der Waals surface area contributed by atoms with Crippen LogP contribution >= 0.6 is 0 Å². The maximum atomic E-state index is 12.3. The summed E-state index contributed by atoms with van der Waals surface area (Å²) in [5.74, 6) is -0.571. The number of benzene rings is 1. The van der Waals surface area contributed by atoms with Gasteiger partial charge in [-0.05, 0) is 24.6 Å². The lowest BCUT2D eigenvalue weighted by Crippen LogP contribution is -2.24. The van der Waals surface area contributed by atoms with Crippen molar-refractivity contribution < 1.29 is 27.4 Å². The van der Waals surface area contributed by atoms with Crippen LogP contribution in [0.1, 0.15) is 18.4 Å². The first-order valence-corrected chi connectivity index (χ1v) is 8.98. The SMILES string of the molecule is CCOC(=O)C1(C#N)C(c2ccc3c(c2)OCO3)C1S(C)(=O)=O. The average Bonchev–Trinajstić information content (AvgIpc) is 3.00. The summed E-state index contributed by atoms with van der Waals surface area (Å²) < 4.78 is 39.6. The van der Waals surface area contributed by atoms with Gasteiger partial charge >= 0.3 is 5.97 Å². The number of nitriles is 1. The molecule has 0 bridgehead atoms. The number of carbonyl (C=O) groups excluding carboxylic acids is 1. The molecule has 7 nitrogen and oxygen atoms in total. The minimum atomic E-state index is -3.62. The molecule has 8 heteroatoms. The number of nitrogens with zero attached hydrogens (tertiary/aromatic N) is 1. The van der Waals surface area contributed by atoms with E-state index in [0.29, 0.717) is 17.1 Å². The van der Waals surface area contributed by atoms with Crippen LogP contribution in [0.2, 0.25) is 0 Å². The van der Waals surface area contributed by atoms with Crippen molar-refractivity contribution in [1.82, 2.24) is 0 Å². The van der Waals surface area contributed by atoms with Gasteiger partial charge in [-0.15, -0.1) is 0 Å². The largest absolute Gasteiger partial charge is 0.465 e. The Hall–Kier alpha value is -2.27. The molecule has 0 amide bonds. The van der Waals surface area contributed by atoms with Gasteiger partial charge in [0, 0.05) is 12.2 Å². The highest BCUT2D eigenvalue weighted by molar-refractivity contribution is 7.91. The van der Waals surface area contributed by atoms with Gasteiger partial charge in [-0.3, -0.25) is 4.79 Å². The molecule has 0 radical (unpaired) electrons. The van der Waals surface area contributed by atoms with E-state index in [1.165, 1.54) is 0 Å². The zero-order valence-electron chi connectivity index (χ0n) is 12.6. The van der Waals surface area contributed by atoms with E-state index in [1.54, 1.807) is 25.1 Å². The predicted molar refractivity (Wildman–Crippen MR) is 78.6 cm³/mol. The minimum Gasteiger partial charge on any atom is -0.465 e. The zero-order valence-corrected chi connectivity index (χ0v) is 13.4. The molecule has 1 heterocycles. The van der Waals surface area contributed by atoms with Gasteiger partial charge in [0.25, 0.3) is 0 Å². The normalized spacial score (nSPS) is 28.0. The Kier molecular flexibility index (Phi) is 3.48. The first-order chi connectivity index (χ1) is 10.9. The molecule has 1 aliphatic carbocycles. The first-order valence-electron chi connectivity index (χ1n) is 7.03. The molecule has 0 spiro atoms. The number of esters is 1. The maximum Gasteiger partial charge on any atom is 0.328 e. The van der Waals surface area contributed by atoms with Gasteiger partial charge in [-0.2, -0.15) is 5.26 Å². The Morgan fingerprint density at radius 3 is 2.74 bits per heavy atom. The van der Waals surface area contributed by atoms with Gasteiger partial charge in [-0.25, -0.2) is 8.42 Å². The molecule has 1 aromatic carbocycles. The smallest absolute Gasteiger partial charge is 0.328 e. The molecular weight excluding hydrogens is 322 g/mol. The topological polar surface area (TPSA) is 103 Å². The van der Waals surface area contributed by atoms with Gasteiger partial charge < -0.3 is 14.2 Å². The van der Waals surface area contributed by atoms with Crippen molar-refractivity contribution in [1.29, 1.82) is 5.26 Å². The lowest BCUT2D eigenvalue weighted by Gasteiger charge is -2.08. The summed E-state index contributed by atoms with van der Waals surface area (Å²) in [4.78, 5) is 12.3. The standard InChI is InChI=1S/C15H15NO6S/c1-3-20-14(17)15(7-16)12(13(15)23(2,18)19)9-4-5-10-11(6-9)22-8-21-10/h4-6,12-13H,3,8H2,1-2H3. The molecular formula is C15H15NO6S. The van der Waals surface area contributed by atoms with E-state index >= 15 is 0 Å². The Morgan fingerprint density at radius 2 is 2.13 bits per heavy atom. The summed E-state index contributed by atoms with van der Waals surface area (Å²) in [5, 5.41) is 8.42. The minimum absolute atomic E-state index is 0.0760. The number of fused-ring (bicyclic) bond motifs is 1. The number of ether oxygens (including phenoxy) is 3. The van der Waals surface area contributed by atoms with Gasteiger partial charge in [0.05, 0.1) is 12.7 Å².